The van der Waals surface area contributed by atoms with Gasteiger partial charge >= 0.3 is 5.97 Å². The summed E-state index contributed by atoms with van der Waals surface area (Å²) in [7, 11) is 0. The molecule has 0 spiro atoms. The molecule has 0 fully saturated rings. The van der Waals surface area contributed by atoms with Gasteiger partial charge in [0.1, 0.15) is 6.04 Å². The third-order valence-electron chi connectivity index (χ3n) is 2.85. The Morgan fingerprint density at radius 2 is 2.14 bits per heavy atom. The van der Waals surface area contributed by atoms with Crippen molar-refractivity contribution in [3.63, 3.8) is 0 Å². The molecule has 0 bridgehead atoms. The summed E-state index contributed by atoms with van der Waals surface area (Å²) in [5.74, 6) is -0.327. The quantitative estimate of drug-likeness (QED) is 0.648. The molecule has 0 radical (unpaired) electrons. The normalized spacial score (nSPS) is 13.5. The molecular weight excluding hydrogens is 276 g/mol. The second-order valence-corrected chi connectivity index (χ2v) is 4.41. The van der Waals surface area contributed by atoms with Crippen molar-refractivity contribution in [1.29, 1.82) is 0 Å². The number of ether oxygens (including phenoxy) is 2. The number of hydrogen-bond acceptors (Lipinski definition) is 5. The van der Waals surface area contributed by atoms with Gasteiger partial charge in [-0.15, -0.1) is 6.58 Å². The van der Waals surface area contributed by atoms with Crippen LogP contribution in [0, 0.1) is 0 Å². The fourth-order valence-electron chi connectivity index (χ4n) is 1.84. The van der Waals surface area contributed by atoms with Crippen LogP contribution in [-0.4, -0.2) is 36.4 Å². The van der Waals surface area contributed by atoms with Crippen LogP contribution in [0.1, 0.15) is 6.42 Å². The maximum absolute atomic E-state index is 11.9. The molecule has 21 heavy (non-hydrogen) atoms. The van der Waals surface area contributed by atoms with Gasteiger partial charge in [0.25, 0.3) is 0 Å². The molecule has 1 aliphatic rings. The zero-order chi connectivity index (χ0) is 15.2. The van der Waals surface area contributed by atoms with Crippen LogP contribution < -0.4 is 20.1 Å². The summed E-state index contributed by atoms with van der Waals surface area (Å²) in [6, 6.07) is 4.02. The molecule has 112 valence electrons. The van der Waals surface area contributed by atoms with E-state index >= 15 is 0 Å². The summed E-state index contributed by atoms with van der Waals surface area (Å²) in [5, 5.41) is 14.4. The minimum absolute atomic E-state index is 0.152. The van der Waals surface area contributed by atoms with Gasteiger partial charge in [0.05, 0.1) is 6.42 Å². The van der Waals surface area contributed by atoms with Gasteiger partial charge in [-0.05, 0) is 12.1 Å². The first-order chi connectivity index (χ1) is 10.1. The van der Waals surface area contributed by atoms with Crippen molar-refractivity contribution in [3.05, 3.63) is 30.9 Å². The van der Waals surface area contributed by atoms with Gasteiger partial charge in [-0.2, -0.15) is 0 Å². The average molecular weight is 292 g/mol. The summed E-state index contributed by atoms with van der Waals surface area (Å²) < 4.78 is 10.4. The number of nitrogens with one attached hydrogen (secondary N) is 2. The number of benzene rings is 1. The van der Waals surface area contributed by atoms with Crippen LogP contribution in [0.4, 0.5) is 5.69 Å². The molecule has 1 aliphatic heterocycles. The smallest absolute Gasteiger partial charge is 0.321 e. The third-order valence-corrected chi connectivity index (χ3v) is 2.85. The summed E-state index contributed by atoms with van der Waals surface area (Å²) >= 11 is 0. The zero-order valence-electron chi connectivity index (χ0n) is 11.3. The minimum atomic E-state index is -1.09. The second kappa shape index (κ2) is 6.76. The van der Waals surface area contributed by atoms with Gasteiger partial charge in [0.2, 0.25) is 12.7 Å². The van der Waals surface area contributed by atoms with Crippen molar-refractivity contribution in [1.82, 2.24) is 5.32 Å². The molecule has 7 heteroatoms. The van der Waals surface area contributed by atoms with Gasteiger partial charge in [-0.3, -0.25) is 9.59 Å². The predicted octanol–water partition coefficient (Wildman–Crippen LogP) is 0.973. The topological polar surface area (TPSA) is 96.9 Å². The number of carboxylic acid groups (broad SMARTS) is 1. The number of aliphatic carboxylic acids is 1. The van der Waals surface area contributed by atoms with Crippen molar-refractivity contribution in [2.75, 3.05) is 18.7 Å². The first kappa shape index (κ1) is 14.9. The Labute approximate surface area is 121 Å². The molecule has 0 aliphatic carbocycles. The predicted molar refractivity (Wildman–Crippen MR) is 75.4 cm³/mol. The van der Waals surface area contributed by atoms with Crippen molar-refractivity contribution >= 4 is 17.6 Å². The fourth-order valence-corrected chi connectivity index (χ4v) is 1.84. The number of carbonyl (C=O) groups is 2. The zero-order valence-corrected chi connectivity index (χ0v) is 11.3. The molecule has 0 saturated heterocycles. The highest BCUT2D eigenvalue weighted by molar-refractivity contribution is 5.94. The molecule has 1 unspecified atom stereocenters. The standard InChI is InChI=1S/C14H16N2O5/c1-2-5-15-10(14(18)19)7-13(17)16-9-3-4-11-12(6-9)21-8-20-11/h2-4,6,10,15H,1,5,7-8H2,(H,16,17)(H,18,19). The van der Waals surface area contributed by atoms with E-state index in [2.05, 4.69) is 17.2 Å². The molecule has 0 aromatic heterocycles. The number of rotatable bonds is 7. The van der Waals surface area contributed by atoms with Gasteiger partial charge in [-0.25, -0.2) is 0 Å². The van der Waals surface area contributed by atoms with E-state index in [4.69, 9.17) is 14.6 Å². The van der Waals surface area contributed by atoms with Crippen molar-refractivity contribution < 1.29 is 24.2 Å². The van der Waals surface area contributed by atoms with E-state index in [9.17, 15) is 9.59 Å². The number of carbonyl (C=O) groups excluding carboxylic acids is 1. The number of hydrogen-bond donors (Lipinski definition) is 3. The maximum atomic E-state index is 11.9. The Morgan fingerprint density at radius 1 is 1.38 bits per heavy atom. The first-order valence-electron chi connectivity index (χ1n) is 6.36. The van der Waals surface area contributed by atoms with Crippen LogP contribution >= 0.6 is 0 Å². The van der Waals surface area contributed by atoms with Crippen LogP contribution in [0.2, 0.25) is 0 Å². The monoisotopic (exact) mass is 292 g/mol. The molecule has 0 saturated carbocycles. The van der Waals surface area contributed by atoms with Crippen molar-refractivity contribution in [2.45, 2.75) is 12.5 Å². The van der Waals surface area contributed by atoms with E-state index in [-0.39, 0.29) is 13.2 Å². The van der Waals surface area contributed by atoms with Gasteiger partial charge < -0.3 is 25.2 Å². The Hall–Kier alpha value is -2.54. The lowest BCUT2D eigenvalue weighted by Gasteiger charge is -2.13. The van der Waals surface area contributed by atoms with Crippen molar-refractivity contribution in [3.8, 4) is 11.5 Å². The second-order valence-electron chi connectivity index (χ2n) is 4.41. The molecule has 7 nitrogen and oxygen atoms in total. The molecular formula is C14H16N2O5. The first-order valence-corrected chi connectivity index (χ1v) is 6.36. The molecule has 1 heterocycles. The van der Waals surface area contributed by atoms with Gasteiger partial charge in [-0.1, -0.05) is 6.08 Å². The molecule has 1 atom stereocenters. The number of carboxylic acids is 1. The Kier molecular flexibility index (Phi) is 4.78. The third kappa shape index (κ3) is 3.96. The Bertz CT molecular complexity index is 558. The largest absolute Gasteiger partial charge is 0.480 e. The Morgan fingerprint density at radius 3 is 2.86 bits per heavy atom. The average Bonchev–Trinajstić information content (AvgIpc) is 2.90. The molecule has 1 aromatic carbocycles. The summed E-state index contributed by atoms with van der Waals surface area (Å²) in [4.78, 5) is 22.9. The molecule has 1 amide bonds. The Balaban J connectivity index is 1.94. The summed E-state index contributed by atoms with van der Waals surface area (Å²) in [6.07, 6.45) is 1.35. The lowest BCUT2D eigenvalue weighted by molar-refractivity contribution is -0.140. The molecule has 3 N–H and O–H groups in total. The van der Waals surface area contributed by atoms with Crippen molar-refractivity contribution in [2.24, 2.45) is 0 Å². The highest BCUT2D eigenvalue weighted by atomic mass is 16.7. The van der Waals surface area contributed by atoms with E-state index in [1.165, 1.54) is 6.08 Å². The number of amides is 1. The van der Waals surface area contributed by atoms with E-state index in [1.807, 2.05) is 0 Å². The van der Waals surface area contributed by atoms with Crippen LogP contribution in [0.3, 0.4) is 0 Å². The number of fused-ring (bicyclic) bond motifs is 1. The lowest BCUT2D eigenvalue weighted by atomic mass is 10.2. The van der Waals surface area contributed by atoms with Gasteiger partial charge in [0.15, 0.2) is 11.5 Å². The lowest BCUT2D eigenvalue weighted by Crippen LogP contribution is -2.39. The molecule has 1 aromatic rings. The number of anilines is 1. The maximum Gasteiger partial charge on any atom is 0.321 e. The van der Waals surface area contributed by atoms with E-state index in [0.717, 1.165) is 0 Å². The van der Waals surface area contributed by atoms with Crippen LogP contribution in [0.5, 0.6) is 11.5 Å². The minimum Gasteiger partial charge on any atom is -0.480 e. The summed E-state index contributed by atoms with van der Waals surface area (Å²) in [5.41, 5.74) is 0.525. The van der Waals surface area contributed by atoms with Crippen LogP contribution in [0.25, 0.3) is 0 Å². The fraction of sp³-hybridized carbons (Fsp3) is 0.286. The highest BCUT2D eigenvalue weighted by Gasteiger charge is 2.21. The van der Waals surface area contributed by atoms with Crippen LogP contribution in [0.15, 0.2) is 30.9 Å². The SMILES string of the molecule is C=CCNC(CC(=O)Nc1ccc2c(c1)OCO2)C(=O)O. The van der Waals surface area contributed by atoms with Gasteiger partial charge in [0, 0.05) is 18.3 Å². The summed E-state index contributed by atoms with van der Waals surface area (Å²) in [6.45, 7) is 3.96. The van der Waals surface area contributed by atoms with E-state index in [1.54, 1.807) is 18.2 Å². The van der Waals surface area contributed by atoms with Crippen LogP contribution in [-0.2, 0) is 9.59 Å². The van der Waals surface area contributed by atoms with E-state index < -0.39 is 17.9 Å². The highest BCUT2D eigenvalue weighted by Crippen LogP contribution is 2.34. The molecule has 2 rings (SSSR count). The van der Waals surface area contributed by atoms with E-state index in [0.29, 0.717) is 23.7 Å².